The van der Waals surface area contributed by atoms with Gasteiger partial charge in [-0.2, -0.15) is 0 Å². The van der Waals surface area contributed by atoms with Gasteiger partial charge in [-0.25, -0.2) is 0 Å². The van der Waals surface area contributed by atoms with Crippen LogP contribution < -0.4 is 4.74 Å². The van der Waals surface area contributed by atoms with E-state index in [1.54, 1.807) is 0 Å². The Morgan fingerprint density at radius 3 is 2.59 bits per heavy atom. The maximum Gasteiger partial charge on any atom is 0.165 e. The Balaban J connectivity index is 1.47. The van der Waals surface area contributed by atoms with Crippen LogP contribution in [0.25, 0.3) is 0 Å². The van der Waals surface area contributed by atoms with Crippen molar-refractivity contribution in [1.29, 1.82) is 0 Å². The molecule has 0 aromatic heterocycles. The summed E-state index contributed by atoms with van der Waals surface area (Å²) in [5.41, 5.74) is 0.499. The van der Waals surface area contributed by atoms with E-state index in [1.807, 2.05) is 20.1 Å². The molecule has 1 radical (unpaired) electrons. The Labute approximate surface area is 203 Å². The molecule has 6 atom stereocenters. The number of hydrogen-bond acceptors (Lipinski definition) is 5. The topological polar surface area (TPSA) is 62.2 Å². The number of benzene rings is 1. The van der Waals surface area contributed by atoms with Gasteiger partial charge in [-0.1, -0.05) is 26.8 Å². The normalized spacial score (nSPS) is 42.3. The van der Waals surface area contributed by atoms with Crippen LogP contribution in [0.2, 0.25) is 0 Å². The van der Waals surface area contributed by atoms with Gasteiger partial charge in [0.1, 0.15) is 11.7 Å². The summed E-state index contributed by atoms with van der Waals surface area (Å²) in [6.45, 7) is 10.7. The minimum Gasteiger partial charge on any atom is -0.504 e. The summed E-state index contributed by atoms with van der Waals surface area (Å²) in [6, 6.07) is 4.43. The van der Waals surface area contributed by atoms with Gasteiger partial charge in [0.2, 0.25) is 0 Å². The molecule has 1 aromatic carbocycles. The predicted octanol–water partition coefficient (Wildman–Crippen LogP) is 4.37. The molecule has 5 nitrogen and oxygen atoms in total. The van der Waals surface area contributed by atoms with Crippen molar-refractivity contribution in [3.05, 3.63) is 29.2 Å². The third kappa shape index (κ3) is 2.25. The zero-order chi connectivity index (χ0) is 23.9. The molecule has 34 heavy (non-hydrogen) atoms. The monoisotopic (exact) mass is 466 g/mol. The second-order valence-corrected chi connectivity index (χ2v) is 13.6. The molecule has 2 aliphatic heterocycles. The molecule has 2 heterocycles. The molecule has 2 N–H and O–H groups in total. The number of fused-ring (bicyclic) bond motifs is 2. The van der Waals surface area contributed by atoms with Crippen molar-refractivity contribution in [3.8, 4) is 11.5 Å². The number of nitrogens with zero attached hydrogens (tertiary/aromatic N) is 1. The van der Waals surface area contributed by atoms with Gasteiger partial charge in [-0.3, -0.25) is 4.90 Å². The molecule has 5 fully saturated rings. The summed E-state index contributed by atoms with van der Waals surface area (Å²) in [5, 5.41) is 23.1. The fourth-order valence-corrected chi connectivity index (χ4v) is 9.19. The average Bonchev–Trinajstić information content (AvgIpc) is 3.53. The molecule has 185 valence electrons. The van der Waals surface area contributed by atoms with Gasteiger partial charge in [0.05, 0.1) is 5.60 Å². The number of phenolic OH excluding ortho intramolecular Hbond substituents is 1. The molecule has 2 spiro atoms. The van der Waals surface area contributed by atoms with Crippen LogP contribution in [0.5, 0.6) is 11.5 Å². The lowest BCUT2D eigenvalue weighted by atomic mass is 9.33. The lowest BCUT2D eigenvalue weighted by Crippen LogP contribution is -2.82. The summed E-state index contributed by atoms with van der Waals surface area (Å²) in [7, 11) is 1.81. The smallest absolute Gasteiger partial charge is 0.165 e. The SMILES string of the molecule is COC12CC[C@@]3(C[C]1[C@](C)(O)C(C)(C)C)C1Cc4ccc(O)c5c4[C@@]3(CCN1CC1CC1)[C@H]2O5. The van der Waals surface area contributed by atoms with E-state index in [9.17, 15) is 10.2 Å². The standard InChI is InChI=1S/C29H40NO4/c1-25(2,3)26(4,32)20-15-27-10-11-29(20,33-5)24-28(27)12-13-30(16-17-6-7-17)21(27)14-18-8-9-19(31)23(34-24)22(18)28/h8-9,17,21,24,31-32H,6-7,10-16H2,1-5H3/t21?,24-,26+,27-,28+,29?/m1/s1. The van der Waals surface area contributed by atoms with E-state index in [-0.39, 0.29) is 28.1 Å². The maximum atomic E-state index is 12.2. The first kappa shape index (κ1) is 21.9. The van der Waals surface area contributed by atoms with E-state index in [2.05, 4.69) is 31.7 Å². The highest BCUT2D eigenvalue weighted by molar-refractivity contribution is 5.64. The first-order chi connectivity index (χ1) is 16.0. The highest BCUT2D eigenvalue weighted by atomic mass is 16.6. The van der Waals surface area contributed by atoms with E-state index in [0.717, 1.165) is 50.5 Å². The highest BCUT2D eigenvalue weighted by Gasteiger charge is 2.82. The van der Waals surface area contributed by atoms with Crippen molar-refractivity contribution in [2.45, 2.75) is 101 Å². The van der Waals surface area contributed by atoms with Gasteiger partial charge in [0.25, 0.3) is 0 Å². The Morgan fingerprint density at radius 2 is 1.91 bits per heavy atom. The van der Waals surface area contributed by atoms with E-state index in [1.165, 1.54) is 30.5 Å². The molecule has 2 unspecified atom stereocenters. The van der Waals surface area contributed by atoms with Gasteiger partial charge in [-0.15, -0.1) is 0 Å². The first-order valence-electron chi connectivity index (χ1n) is 13.4. The second kappa shape index (κ2) is 6.33. The average molecular weight is 467 g/mol. The van der Waals surface area contributed by atoms with Crippen molar-refractivity contribution in [2.24, 2.45) is 16.7 Å². The number of ether oxygens (including phenoxy) is 2. The van der Waals surface area contributed by atoms with Crippen molar-refractivity contribution in [1.82, 2.24) is 4.90 Å². The van der Waals surface area contributed by atoms with Crippen LogP contribution in [-0.2, 0) is 16.6 Å². The van der Waals surface area contributed by atoms with E-state index in [0.29, 0.717) is 11.8 Å². The van der Waals surface area contributed by atoms with Gasteiger partial charge in [0.15, 0.2) is 11.5 Å². The number of piperidine rings is 1. The molecule has 1 aromatic rings. The molecular weight excluding hydrogens is 426 g/mol. The summed E-state index contributed by atoms with van der Waals surface area (Å²) in [6.07, 6.45) is 7.42. The van der Waals surface area contributed by atoms with E-state index < -0.39 is 11.2 Å². The third-order valence-corrected chi connectivity index (χ3v) is 11.5. The van der Waals surface area contributed by atoms with Crippen LogP contribution in [-0.4, -0.2) is 58.7 Å². The molecular formula is C29H40NO4. The van der Waals surface area contributed by atoms with Crippen LogP contribution >= 0.6 is 0 Å². The minimum atomic E-state index is -0.992. The second-order valence-electron chi connectivity index (χ2n) is 13.6. The van der Waals surface area contributed by atoms with Gasteiger partial charge in [-0.05, 0) is 81.4 Å². The number of aliphatic hydroxyl groups is 1. The van der Waals surface area contributed by atoms with Crippen molar-refractivity contribution in [2.75, 3.05) is 20.2 Å². The number of likely N-dealkylation sites (tertiary alicyclic amines) is 1. The van der Waals surface area contributed by atoms with Crippen LogP contribution in [0, 0.1) is 22.7 Å². The van der Waals surface area contributed by atoms with Gasteiger partial charge in [0, 0.05) is 42.0 Å². The Hall–Kier alpha value is -1.30. The van der Waals surface area contributed by atoms with Crippen LogP contribution in [0.3, 0.4) is 0 Å². The molecule has 1 saturated heterocycles. The summed E-state index contributed by atoms with van der Waals surface area (Å²) >= 11 is 0. The largest absolute Gasteiger partial charge is 0.504 e. The molecule has 0 amide bonds. The molecule has 4 saturated carbocycles. The summed E-state index contributed by atoms with van der Waals surface area (Å²) in [4.78, 5) is 2.81. The van der Waals surface area contributed by atoms with Crippen molar-refractivity contribution < 1.29 is 19.7 Å². The molecule has 4 bridgehead atoms. The zero-order valence-corrected chi connectivity index (χ0v) is 21.4. The third-order valence-electron chi connectivity index (χ3n) is 11.5. The fraction of sp³-hybridized carbons (Fsp3) is 0.759. The van der Waals surface area contributed by atoms with Gasteiger partial charge >= 0.3 is 0 Å². The van der Waals surface area contributed by atoms with Crippen molar-refractivity contribution in [3.63, 3.8) is 0 Å². The van der Waals surface area contributed by atoms with E-state index >= 15 is 0 Å². The number of methoxy groups -OCH3 is 1. The van der Waals surface area contributed by atoms with Crippen LogP contribution in [0.4, 0.5) is 0 Å². The zero-order valence-electron chi connectivity index (χ0n) is 21.4. The minimum absolute atomic E-state index is 0.00169. The lowest BCUT2D eigenvalue weighted by molar-refractivity contribution is -0.259. The maximum absolute atomic E-state index is 12.2. The highest BCUT2D eigenvalue weighted by Crippen LogP contribution is 2.78. The van der Waals surface area contributed by atoms with E-state index in [4.69, 9.17) is 9.47 Å². The van der Waals surface area contributed by atoms with Gasteiger partial charge < -0.3 is 19.7 Å². The Morgan fingerprint density at radius 1 is 1.15 bits per heavy atom. The quantitative estimate of drug-likeness (QED) is 0.690. The number of phenols is 1. The molecule has 5 aliphatic carbocycles. The van der Waals surface area contributed by atoms with Crippen LogP contribution in [0.15, 0.2) is 12.1 Å². The summed E-state index contributed by atoms with van der Waals surface area (Å²) in [5.74, 6) is 2.92. The molecule has 5 heteroatoms. The fourth-order valence-electron chi connectivity index (χ4n) is 9.19. The lowest BCUT2D eigenvalue weighted by Gasteiger charge is -2.75. The Kier molecular flexibility index (Phi) is 4.08. The number of aromatic hydroxyl groups is 1. The Bertz CT molecular complexity index is 1060. The predicted molar refractivity (Wildman–Crippen MR) is 130 cm³/mol. The molecule has 7 aliphatic rings. The summed E-state index contributed by atoms with van der Waals surface area (Å²) < 4.78 is 13.4. The van der Waals surface area contributed by atoms with Crippen LogP contribution in [0.1, 0.15) is 77.3 Å². The number of rotatable bonds is 4. The van der Waals surface area contributed by atoms with Crippen molar-refractivity contribution >= 4 is 0 Å². The number of hydrogen-bond donors (Lipinski definition) is 2. The molecule has 8 rings (SSSR count). The first-order valence-corrected chi connectivity index (χ1v) is 13.4.